The average molecular weight is 420 g/mol. The SMILES string of the molecule is CSCCC(NC(=O)C(N)CC(N)=O)C(=O)NC(C(=O)NCC(=O)O)C(C)C. The number of carbonyl (C=O) groups is 5. The molecule has 0 radical (unpaired) electrons. The standard InChI is InChI=1S/C16H29N5O6S/c1-8(2)13(16(27)19-7-12(23)24)21-15(26)10(4-5-28-3)20-14(25)9(17)6-11(18)22/h8-10,13H,4-7,17H2,1-3H3,(H2,18,22)(H,19,27)(H,20,25)(H,21,26)(H,23,24). The first kappa shape index (κ1) is 25.7. The van der Waals surface area contributed by atoms with Crippen molar-refractivity contribution in [2.45, 2.75) is 44.8 Å². The van der Waals surface area contributed by atoms with Crippen LogP contribution in [0.1, 0.15) is 26.7 Å². The number of nitrogens with two attached hydrogens (primary N) is 2. The summed E-state index contributed by atoms with van der Waals surface area (Å²) in [6.07, 6.45) is 1.73. The number of rotatable bonds is 13. The van der Waals surface area contributed by atoms with Crippen LogP contribution in [-0.4, -0.2) is 71.4 Å². The molecule has 0 aliphatic rings. The van der Waals surface area contributed by atoms with E-state index >= 15 is 0 Å². The summed E-state index contributed by atoms with van der Waals surface area (Å²) in [6.45, 7) is 2.79. The molecule has 28 heavy (non-hydrogen) atoms. The number of amides is 4. The first-order chi connectivity index (χ1) is 13.0. The van der Waals surface area contributed by atoms with E-state index in [1.54, 1.807) is 13.8 Å². The fourth-order valence-electron chi connectivity index (χ4n) is 2.15. The van der Waals surface area contributed by atoms with Crippen LogP contribution in [0.2, 0.25) is 0 Å². The maximum Gasteiger partial charge on any atom is 0.322 e. The highest BCUT2D eigenvalue weighted by Gasteiger charge is 2.29. The summed E-state index contributed by atoms with van der Waals surface area (Å²) in [5, 5.41) is 15.9. The fourth-order valence-corrected chi connectivity index (χ4v) is 2.63. The van der Waals surface area contributed by atoms with Crippen LogP contribution in [0.15, 0.2) is 0 Å². The van der Waals surface area contributed by atoms with Gasteiger partial charge in [-0.05, 0) is 24.3 Å². The van der Waals surface area contributed by atoms with Gasteiger partial charge in [0.15, 0.2) is 0 Å². The third-order valence-corrected chi connectivity index (χ3v) is 4.31. The largest absolute Gasteiger partial charge is 0.480 e. The molecule has 0 aromatic heterocycles. The molecule has 0 aromatic carbocycles. The molecule has 0 aliphatic carbocycles. The van der Waals surface area contributed by atoms with E-state index in [4.69, 9.17) is 16.6 Å². The highest BCUT2D eigenvalue weighted by atomic mass is 32.2. The molecular weight excluding hydrogens is 390 g/mol. The quantitative estimate of drug-likeness (QED) is 0.193. The van der Waals surface area contributed by atoms with Crippen molar-refractivity contribution in [3.8, 4) is 0 Å². The zero-order chi connectivity index (χ0) is 21.9. The molecule has 0 bridgehead atoms. The van der Waals surface area contributed by atoms with E-state index < -0.39 is 54.3 Å². The number of carboxylic acid groups (broad SMARTS) is 1. The van der Waals surface area contributed by atoms with E-state index in [-0.39, 0.29) is 18.8 Å². The lowest BCUT2D eigenvalue weighted by atomic mass is 10.0. The lowest BCUT2D eigenvalue weighted by Crippen LogP contribution is -2.57. The molecule has 0 saturated carbocycles. The van der Waals surface area contributed by atoms with Gasteiger partial charge in [-0.3, -0.25) is 24.0 Å². The van der Waals surface area contributed by atoms with Gasteiger partial charge in [-0.25, -0.2) is 0 Å². The van der Waals surface area contributed by atoms with Gasteiger partial charge in [0, 0.05) is 0 Å². The molecule has 0 aromatic rings. The summed E-state index contributed by atoms with van der Waals surface area (Å²) in [4.78, 5) is 58.4. The van der Waals surface area contributed by atoms with Gasteiger partial charge in [0.05, 0.1) is 12.5 Å². The number of carboxylic acids is 1. The van der Waals surface area contributed by atoms with Crippen LogP contribution >= 0.6 is 11.8 Å². The van der Waals surface area contributed by atoms with E-state index in [0.717, 1.165) is 0 Å². The number of hydrogen-bond acceptors (Lipinski definition) is 7. The van der Waals surface area contributed by atoms with Gasteiger partial charge >= 0.3 is 5.97 Å². The Labute approximate surface area is 167 Å². The molecule has 3 atom stereocenters. The average Bonchev–Trinajstić information content (AvgIpc) is 2.59. The second-order valence-electron chi connectivity index (χ2n) is 6.46. The third-order valence-electron chi connectivity index (χ3n) is 3.66. The monoisotopic (exact) mass is 419 g/mol. The van der Waals surface area contributed by atoms with Gasteiger partial charge in [-0.1, -0.05) is 13.8 Å². The molecule has 0 spiro atoms. The van der Waals surface area contributed by atoms with Gasteiger partial charge in [0.1, 0.15) is 18.6 Å². The summed E-state index contributed by atoms with van der Waals surface area (Å²) in [5.74, 6) is -3.72. The van der Waals surface area contributed by atoms with Crippen molar-refractivity contribution in [3.63, 3.8) is 0 Å². The summed E-state index contributed by atoms with van der Waals surface area (Å²) >= 11 is 1.46. The van der Waals surface area contributed by atoms with Crippen molar-refractivity contribution < 1.29 is 29.1 Å². The van der Waals surface area contributed by atoms with Gasteiger partial charge in [-0.2, -0.15) is 11.8 Å². The smallest absolute Gasteiger partial charge is 0.322 e. The second-order valence-corrected chi connectivity index (χ2v) is 7.45. The summed E-state index contributed by atoms with van der Waals surface area (Å²) in [7, 11) is 0. The minimum atomic E-state index is -1.21. The molecule has 12 heteroatoms. The van der Waals surface area contributed by atoms with Crippen LogP contribution in [-0.2, 0) is 24.0 Å². The maximum absolute atomic E-state index is 12.6. The van der Waals surface area contributed by atoms with Crippen molar-refractivity contribution in [2.24, 2.45) is 17.4 Å². The van der Waals surface area contributed by atoms with E-state index in [1.807, 2.05) is 6.26 Å². The van der Waals surface area contributed by atoms with Crippen LogP contribution in [0, 0.1) is 5.92 Å². The van der Waals surface area contributed by atoms with Crippen molar-refractivity contribution in [1.82, 2.24) is 16.0 Å². The minimum absolute atomic E-state index is 0.267. The molecule has 3 unspecified atom stereocenters. The Balaban J connectivity index is 5.13. The van der Waals surface area contributed by atoms with Crippen LogP contribution in [0.4, 0.5) is 0 Å². The van der Waals surface area contributed by atoms with Gasteiger partial charge in [0.25, 0.3) is 0 Å². The normalized spacial score (nSPS) is 13.9. The zero-order valence-corrected chi connectivity index (χ0v) is 17.0. The highest BCUT2D eigenvalue weighted by Crippen LogP contribution is 2.06. The Bertz CT molecular complexity index is 586. The van der Waals surface area contributed by atoms with Gasteiger partial charge < -0.3 is 32.5 Å². The topological polar surface area (TPSA) is 194 Å². The number of hydrogen-bond donors (Lipinski definition) is 6. The van der Waals surface area contributed by atoms with Gasteiger partial charge in [-0.15, -0.1) is 0 Å². The zero-order valence-electron chi connectivity index (χ0n) is 16.2. The maximum atomic E-state index is 12.6. The molecule has 0 rings (SSSR count). The number of aliphatic carboxylic acids is 1. The first-order valence-electron chi connectivity index (χ1n) is 8.62. The molecule has 0 saturated heterocycles. The molecule has 0 aliphatic heterocycles. The van der Waals surface area contributed by atoms with E-state index in [0.29, 0.717) is 5.75 Å². The predicted molar refractivity (Wildman–Crippen MR) is 104 cm³/mol. The molecule has 8 N–H and O–H groups in total. The lowest BCUT2D eigenvalue weighted by molar-refractivity contribution is -0.139. The molecule has 0 heterocycles. The fraction of sp³-hybridized carbons (Fsp3) is 0.688. The molecule has 160 valence electrons. The Morgan fingerprint density at radius 2 is 1.64 bits per heavy atom. The highest BCUT2D eigenvalue weighted by molar-refractivity contribution is 7.98. The Hall–Kier alpha value is -2.34. The first-order valence-corrected chi connectivity index (χ1v) is 10.0. The summed E-state index contributed by atoms with van der Waals surface area (Å²) in [6, 6.07) is -3.16. The van der Waals surface area contributed by atoms with Crippen molar-refractivity contribution >= 4 is 41.4 Å². The van der Waals surface area contributed by atoms with Gasteiger partial charge in [0.2, 0.25) is 23.6 Å². The van der Waals surface area contributed by atoms with E-state index in [2.05, 4.69) is 16.0 Å². The van der Waals surface area contributed by atoms with Crippen LogP contribution in [0.25, 0.3) is 0 Å². The molecular formula is C16H29N5O6S. The second kappa shape index (κ2) is 12.9. The van der Waals surface area contributed by atoms with Crippen molar-refractivity contribution in [1.29, 1.82) is 0 Å². The lowest BCUT2D eigenvalue weighted by Gasteiger charge is -2.25. The van der Waals surface area contributed by atoms with E-state index in [9.17, 15) is 24.0 Å². The van der Waals surface area contributed by atoms with Crippen LogP contribution < -0.4 is 27.4 Å². The molecule has 4 amide bonds. The summed E-state index contributed by atoms with van der Waals surface area (Å²) < 4.78 is 0. The Morgan fingerprint density at radius 3 is 2.11 bits per heavy atom. The van der Waals surface area contributed by atoms with Crippen LogP contribution in [0.5, 0.6) is 0 Å². The Morgan fingerprint density at radius 1 is 1.04 bits per heavy atom. The molecule has 0 fully saturated rings. The molecule has 11 nitrogen and oxygen atoms in total. The minimum Gasteiger partial charge on any atom is -0.480 e. The number of primary amides is 1. The number of thioether (sulfide) groups is 1. The van der Waals surface area contributed by atoms with Crippen molar-refractivity contribution in [3.05, 3.63) is 0 Å². The summed E-state index contributed by atoms with van der Waals surface area (Å²) in [5.41, 5.74) is 10.6. The van der Waals surface area contributed by atoms with E-state index in [1.165, 1.54) is 11.8 Å². The van der Waals surface area contributed by atoms with Crippen molar-refractivity contribution in [2.75, 3.05) is 18.6 Å². The number of carbonyl (C=O) groups excluding carboxylic acids is 4. The Kier molecular flexibility index (Phi) is 11.9. The van der Waals surface area contributed by atoms with Crippen LogP contribution in [0.3, 0.4) is 0 Å². The third kappa shape index (κ3) is 10.1. The number of nitrogens with one attached hydrogen (secondary N) is 3. The predicted octanol–water partition coefficient (Wildman–Crippen LogP) is -2.23.